The van der Waals surface area contributed by atoms with Crippen LogP contribution in [0.15, 0.2) is 12.1 Å². The number of aliphatic carboxylic acids is 1. The highest BCUT2D eigenvalue weighted by Gasteiger charge is 2.26. The number of aryl methyl sites for hydroxylation is 3. The van der Waals surface area contributed by atoms with E-state index in [2.05, 4.69) is 33.8 Å². The first-order valence-corrected chi connectivity index (χ1v) is 16.0. The van der Waals surface area contributed by atoms with Gasteiger partial charge >= 0.3 is 5.97 Å². The van der Waals surface area contributed by atoms with E-state index in [1.54, 1.807) is 20.8 Å². The lowest BCUT2D eigenvalue weighted by atomic mass is 9.87. The topological polar surface area (TPSA) is 84.6 Å². The van der Waals surface area contributed by atoms with Crippen molar-refractivity contribution in [3.05, 3.63) is 46.0 Å². The van der Waals surface area contributed by atoms with Gasteiger partial charge in [0.1, 0.15) is 5.65 Å². The number of benzene rings is 1. The van der Waals surface area contributed by atoms with Gasteiger partial charge in [0, 0.05) is 29.4 Å². The van der Waals surface area contributed by atoms with Gasteiger partial charge in [0.05, 0.1) is 18.6 Å². The number of nitrogens with zero attached hydrogens (tertiary/aromatic N) is 2. The summed E-state index contributed by atoms with van der Waals surface area (Å²) in [5.41, 5.74) is 6.01. The first-order chi connectivity index (χ1) is 20.1. The van der Waals surface area contributed by atoms with Gasteiger partial charge in [-0.1, -0.05) is 59.8 Å². The fourth-order valence-corrected chi connectivity index (χ4v) is 5.44. The van der Waals surface area contributed by atoms with Gasteiger partial charge in [-0.25, -0.2) is 9.37 Å². The van der Waals surface area contributed by atoms with Gasteiger partial charge < -0.3 is 19.5 Å². The second-order valence-corrected chi connectivity index (χ2v) is 13.1. The molecule has 0 amide bonds. The van der Waals surface area contributed by atoms with E-state index < -0.39 is 17.4 Å². The van der Waals surface area contributed by atoms with Gasteiger partial charge in [0.2, 0.25) is 0 Å². The van der Waals surface area contributed by atoms with Crippen LogP contribution in [0.25, 0.3) is 22.2 Å². The van der Waals surface area contributed by atoms with Gasteiger partial charge in [0.25, 0.3) is 0 Å². The SMILES string of the molecule is CC(C)(C)O.CCCCCCC(C)C.CCc1cc2c(-c3cc(F)c4c(c3C)CCCO4)c(CC(=O)O)c(C)nc2n1C. The molecule has 0 fully saturated rings. The number of rotatable bonds is 9. The molecule has 0 aliphatic carbocycles. The van der Waals surface area contributed by atoms with Crippen LogP contribution in [0.1, 0.15) is 115 Å². The fraction of sp³-hybridized carbons (Fsp3) is 0.611. The van der Waals surface area contributed by atoms with Gasteiger partial charge in [-0.05, 0) is 94.2 Å². The second kappa shape index (κ2) is 16.2. The molecule has 0 atom stereocenters. The van der Waals surface area contributed by atoms with Crippen LogP contribution >= 0.6 is 0 Å². The van der Waals surface area contributed by atoms with Crippen molar-refractivity contribution in [2.75, 3.05) is 6.61 Å². The molecule has 2 aromatic heterocycles. The van der Waals surface area contributed by atoms with E-state index in [1.165, 1.54) is 38.2 Å². The third kappa shape index (κ3) is 10.3. The molecule has 1 aromatic carbocycles. The predicted molar refractivity (Wildman–Crippen MR) is 176 cm³/mol. The smallest absolute Gasteiger partial charge is 0.307 e. The zero-order valence-electron chi connectivity index (χ0n) is 28.3. The lowest BCUT2D eigenvalue weighted by Gasteiger charge is -2.23. The maximum absolute atomic E-state index is 15.0. The first kappa shape index (κ1) is 36.3. The number of aliphatic hydroxyl groups is 1. The van der Waals surface area contributed by atoms with Crippen LogP contribution in [0.3, 0.4) is 0 Å². The van der Waals surface area contributed by atoms with Crippen molar-refractivity contribution in [2.24, 2.45) is 13.0 Å². The van der Waals surface area contributed by atoms with Crippen LogP contribution in [0.5, 0.6) is 5.75 Å². The number of carboxylic acids is 1. The largest absolute Gasteiger partial charge is 0.490 e. The van der Waals surface area contributed by atoms with Crippen molar-refractivity contribution in [1.29, 1.82) is 0 Å². The monoisotopic (exact) mass is 598 g/mol. The summed E-state index contributed by atoms with van der Waals surface area (Å²) < 4.78 is 22.6. The molecule has 6 nitrogen and oxygen atoms in total. The summed E-state index contributed by atoms with van der Waals surface area (Å²) in [6.07, 6.45) is 9.34. The summed E-state index contributed by atoms with van der Waals surface area (Å²) in [7, 11) is 1.96. The molecule has 240 valence electrons. The van der Waals surface area contributed by atoms with Crippen molar-refractivity contribution >= 4 is 17.0 Å². The van der Waals surface area contributed by atoms with Crippen LogP contribution in [0, 0.1) is 25.6 Å². The number of aromatic nitrogens is 2. The maximum Gasteiger partial charge on any atom is 0.307 e. The Hall–Kier alpha value is -2.93. The van der Waals surface area contributed by atoms with Crippen LogP contribution in [0.2, 0.25) is 0 Å². The molecule has 0 spiro atoms. The number of carbonyl (C=O) groups is 1. The molecule has 2 N–H and O–H groups in total. The quantitative estimate of drug-likeness (QED) is 0.240. The molecule has 3 heterocycles. The molecule has 7 heteroatoms. The van der Waals surface area contributed by atoms with E-state index in [1.807, 2.05) is 25.5 Å². The Bertz CT molecular complexity index is 1360. The Morgan fingerprint density at radius 3 is 2.35 bits per heavy atom. The Balaban J connectivity index is 0.000000385. The summed E-state index contributed by atoms with van der Waals surface area (Å²) in [6.45, 7) is 18.5. The van der Waals surface area contributed by atoms with Crippen molar-refractivity contribution < 1.29 is 24.1 Å². The third-order valence-corrected chi connectivity index (χ3v) is 7.61. The van der Waals surface area contributed by atoms with Crippen molar-refractivity contribution in [2.45, 2.75) is 126 Å². The number of halogens is 1. The average Bonchev–Trinajstić information content (AvgIpc) is 3.23. The summed E-state index contributed by atoms with van der Waals surface area (Å²) >= 11 is 0. The van der Waals surface area contributed by atoms with Gasteiger partial charge in [-0.2, -0.15) is 0 Å². The molecule has 0 radical (unpaired) electrons. The van der Waals surface area contributed by atoms with Gasteiger partial charge in [-0.3, -0.25) is 4.79 Å². The van der Waals surface area contributed by atoms with Gasteiger partial charge in [-0.15, -0.1) is 0 Å². The number of hydrogen-bond acceptors (Lipinski definition) is 4. The number of pyridine rings is 1. The number of ether oxygens (including phenoxy) is 1. The van der Waals surface area contributed by atoms with Crippen molar-refractivity contribution in [1.82, 2.24) is 9.55 Å². The highest BCUT2D eigenvalue weighted by molar-refractivity contribution is 5.98. The zero-order valence-corrected chi connectivity index (χ0v) is 28.3. The highest BCUT2D eigenvalue weighted by Crippen LogP contribution is 2.42. The molecule has 0 saturated heterocycles. The molecule has 0 bridgehead atoms. The minimum absolute atomic E-state index is 0.158. The van der Waals surface area contributed by atoms with Crippen LogP contribution in [-0.2, 0) is 31.1 Å². The molecule has 0 saturated carbocycles. The minimum atomic E-state index is -0.929. The molecular weight excluding hydrogens is 543 g/mol. The van der Waals surface area contributed by atoms with Crippen LogP contribution < -0.4 is 4.74 Å². The van der Waals surface area contributed by atoms with Gasteiger partial charge in [0.15, 0.2) is 11.6 Å². The number of unbranched alkanes of at least 4 members (excludes halogenated alkanes) is 3. The molecule has 3 aromatic rings. The van der Waals surface area contributed by atoms with E-state index in [-0.39, 0.29) is 6.42 Å². The number of carboxylic acid groups (broad SMARTS) is 1. The average molecular weight is 599 g/mol. The molecule has 1 aliphatic rings. The molecule has 0 unspecified atom stereocenters. The summed E-state index contributed by atoms with van der Waals surface area (Å²) in [6, 6.07) is 3.55. The molecule has 1 aliphatic heterocycles. The summed E-state index contributed by atoms with van der Waals surface area (Å²) in [5, 5.41) is 18.9. The standard InChI is InChI=1S/C23H25FN2O3.C9H20.C4H10O/c1-5-14-9-18-21(17(11-20(27)28)13(3)25-23(18)26(14)4)16-10-19(24)22-15(12(16)2)7-6-8-29-22;1-4-5-6-7-8-9(2)3;1-4(2,3)5/h9-10H,5-8,11H2,1-4H3,(H,27,28);9H,4-8H2,1-3H3;5H,1-3H3. The van der Waals surface area contributed by atoms with E-state index >= 15 is 0 Å². The van der Waals surface area contributed by atoms with E-state index in [9.17, 15) is 14.3 Å². The molecule has 43 heavy (non-hydrogen) atoms. The summed E-state index contributed by atoms with van der Waals surface area (Å²) in [4.78, 5) is 16.3. The highest BCUT2D eigenvalue weighted by atomic mass is 19.1. The molecule has 4 rings (SSSR count). The van der Waals surface area contributed by atoms with E-state index in [0.29, 0.717) is 23.6 Å². The zero-order chi connectivity index (χ0) is 32.5. The Kier molecular flexibility index (Phi) is 13.7. The van der Waals surface area contributed by atoms with Crippen molar-refractivity contribution in [3.8, 4) is 16.9 Å². The normalized spacial score (nSPS) is 12.7. The Morgan fingerprint density at radius 2 is 1.79 bits per heavy atom. The van der Waals surface area contributed by atoms with Crippen molar-refractivity contribution in [3.63, 3.8) is 0 Å². The lowest BCUT2D eigenvalue weighted by molar-refractivity contribution is -0.136. The maximum atomic E-state index is 15.0. The Labute approximate surface area is 258 Å². The minimum Gasteiger partial charge on any atom is -0.490 e. The van der Waals surface area contributed by atoms with E-state index in [0.717, 1.165) is 64.2 Å². The number of fused-ring (bicyclic) bond motifs is 2. The molecular formula is C36H55FN2O4. The number of hydrogen-bond donors (Lipinski definition) is 2. The summed E-state index contributed by atoms with van der Waals surface area (Å²) in [5.74, 6) is -0.0825. The van der Waals surface area contributed by atoms with Crippen LogP contribution in [0.4, 0.5) is 4.39 Å². The third-order valence-electron chi connectivity index (χ3n) is 7.61. The second-order valence-electron chi connectivity index (χ2n) is 13.1. The lowest BCUT2D eigenvalue weighted by Crippen LogP contribution is -2.13. The first-order valence-electron chi connectivity index (χ1n) is 16.0. The van der Waals surface area contributed by atoms with Crippen LogP contribution in [-0.4, -0.2) is 37.9 Å². The predicted octanol–water partition coefficient (Wildman–Crippen LogP) is 8.90. The Morgan fingerprint density at radius 1 is 1.14 bits per heavy atom. The van der Waals surface area contributed by atoms with E-state index in [4.69, 9.17) is 14.8 Å². The fourth-order valence-electron chi connectivity index (χ4n) is 5.44.